The first-order valence-corrected chi connectivity index (χ1v) is 26.6. The highest BCUT2D eigenvalue weighted by Gasteiger charge is 2.67. The van der Waals surface area contributed by atoms with Crippen LogP contribution in [0.1, 0.15) is 114 Å². The predicted octanol–water partition coefficient (Wildman–Crippen LogP) is 11.3. The maximum absolute atomic E-state index is 13.6. The van der Waals surface area contributed by atoms with Gasteiger partial charge in [-0.05, 0) is 175 Å². The Morgan fingerprint density at radius 1 is 0.847 bits per heavy atom. The van der Waals surface area contributed by atoms with Gasteiger partial charge in [0.05, 0.1) is 11.1 Å². The Kier molecular flexibility index (Phi) is 15.3. The lowest BCUT2D eigenvalue weighted by Crippen LogP contribution is -2.63. The zero-order valence-corrected chi connectivity index (χ0v) is 43.6. The van der Waals surface area contributed by atoms with Gasteiger partial charge < -0.3 is 30.2 Å². The maximum atomic E-state index is 13.6. The number of benzene rings is 2. The van der Waals surface area contributed by atoms with Crippen LogP contribution in [0, 0.1) is 46.3 Å². The monoisotopic (exact) mass is 1060 g/mol. The minimum Gasteiger partial charge on any atom is -0.465 e. The molecule has 4 saturated carbocycles. The molecule has 3 heterocycles. The largest absolute Gasteiger partial charge is 0.465 e. The van der Waals surface area contributed by atoms with Crippen LogP contribution in [0.4, 0.5) is 23.0 Å². The summed E-state index contributed by atoms with van der Waals surface area (Å²) in [7, 11) is 0. The average Bonchev–Trinajstić information content (AvgIpc) is 3.73. The highest BCUT2D eigenvalue weighted by Crippen LogP contribution is 2.69. The topological polar surface area (TPSA) is 201 Å². The van der Waals surface area contributed by atoms with Crippen molar-refractivity contribution in [1.82, 2.24) is 19.9 Å². The van der Waals surface area contributed by atoms with Crippen molar-refractivity contribution < 1.29 is 38.2 Å². The molecule has 17 heteroatoms. The van der Waals surface area contributed by atoms with Crippen LogP contribution in [-0.4, -0.2) is 69.5 Å². The number of anilines is 4. The van der Waals surface area contributed by atoms with Crippen molar-refractivity contribution in [3.63, 3.8) is 0 Å². The van der Waals surface area contributed by atoms with E-state index in [0.29, 0.717) is 72.9 Å². The summed E-state index contributed by atoms with van der Waals surface area (Å²) in [6.07, 6.45) is 8.99. The normalized spacial score (nSPS) is 27.8. The lowest BCUT2D eigenvalue weighted by Gasteiger charge is -2.64. The first-order chi connectivity index (χ1) is 34.7. The van der Waals surface area contributed by atoms with Gasteiger partial charge in [-0.25, -0.2) is 19.9 Å². The van der Waals surface area contributed by atoms with Crippen LogP contribution < -0.4 is 16.0 Å². The summed E-state index contributed by atoms with van der Waals surface area (Å²) in [4.78, 5) is 82.4. The van der Waals surface area contributed by atoms with Crippen molar-refractivity contribution in [1.29, 1.82) is 0 Å². The number of carbonyl (C=O) groups excluding carboxylic acids is 5. The Morgan fingerprint density at radius 3 is 2.38 bits per heavy atom. The molecule has 0 spiro atoms. The Bertz CT molecular complexity index is 2800. The summed E-state index contributed by atoms with van der Waals surface area (Å²) in [6.45, 7) is 12.7. The Labute approximate surface area is 432 Å². The molecular weight excluding hydrogens is 999 g/mol. The number of amides is 2. The van der Waals surface area contributed by atoms with E-state index in [1.165, 1.54) is 18.1 Å². The number of aromatic nitrogens is 4. The van der Waals surface area contributed by atoms with E-state index in [1.807, 2.05) is 48.5 Å². The third-order valence-electron chi connectivity index (χ3n) is 16.9. The fourth-order valence-corrected chi connectivity index (χ4v) is 14.4. The number of ether oxygens (including phenoxy) is 3. The molecule has 4 fully saturated rings. The molecule has 15 nitrogen and oxygen atoms in total. The molecule has 378 valence electrons. The molecule has 72 heavy (non-hydrogen) atoms. The molecule has 11 atom stereocenters. The minimum atomic E-state index is -0.367. The fraction of sp³-hybridized carbons (Fsp3) is 0.473. The smallest absolute Gasteiger partial charge is 0.293 e. The summed E-state index contributed by atoms with van der Waals surface area (Å²) in [5, 5.41) is 10.2. The van der Waals surface area contributed by atoms with Gasteiger partial charge in [-0.3, -0.25) is 24.0 Å². The zero-order chi connectivity index (χ0) is 50.7. The van der Waals surface area contributed by atoms with Crippen molar-refractivity contribution >= 4 is 93.0 Å². The quantitative estimate of drug-likeness (QED) is 0.0553. The lowest BCUT2D eigenvalue weighted by atomic mass is 9.43. The molecule has 3 aromatic heterocycles. The average molecular weight is 1060 g/mol. The number of nitrogens with one attached hydrogen (secondary N) is 3. The Balaban J connectivity index is 0.869. The summed E-state index contributed by atoms with van der Waals surface area (Å²) in [6, 6.07) is 20.6. The van der Waals surface area contributed by atoms with E-state index in [-0.39, 0.29) is 82.4 Å². The van der Waals surface area contributed by atoms with Gasteiger partial charge in [-0.15, -0.1) is 0 Å². The van der Waals surface area contributed by atoms with E-state index in [4.69, 9.17) is 19.2 Å². The number of hydrogen-bond donors (Lipinski definition) is 3. The summed E-state index contributed by atoms with van der Waals surface area (Å²) < 4.78 is 18.3. The van der Waals surface area contributed by atoms with Gasteiger partial charge >= 0.3 is 0 Å². The van der Waals surface area contributed by atoms with Crippen LogP contribution in [0.15, 0.2) is 93.5 Å². The predicted molar refractivity (Wildman–Crippen MR) is 277 cm³/mol. The minimum absolute atomic E-state index is 0.0738. The van der Waals surface area contributed by atoms with E-state index in [0.717, 1.165) is 63.9 Å². The van der Waals surface area contributed by atoms with Crippen LogP contribution in [0.5, 0.6) is 0 Å². The molecule has 2 aromatic carbocycles. The van der Waals surface area contributed by atoms with E-state index in [2.05, 4.69) is 81.5 Å². The van der Waals surface area contributed by atoms with E-state index in [9.17, 15) is 24.0 Å². The number of fused-ring (bicyclic) bond motifs is 6. The first kappa shape index (κ1) is 51.0. The molecule has 9 rings (SSSR count). The van der Waals surface area contributed by atoms with Crippen molar-refractivity contribution in [2.75, 3.05) is 16.0 Å². The zero-order valence-electron chi connectivity index (χ0n) is 41.2. The molecule has 3 N–H and O–H groups in total. The second kappa shape index (κ2) is 21.6. The Morgan fingerprint density at radius 2 is 1.64 bits per heavy atom. The van der Waals surface area contributed by atoms with Gasteiger partial charge in [0.2, 0.25) is 5.91 Å². The van der Waals surface area contributed by atoms with Crippen LogP contribution in [-0.2, 0) is 33.4 Å². The maximum Gasteiger partial charge on any atom is 0.293 e. The molecule has 0 bridgehead atoms. The standard InChI is InChI=1S/C55H62BrN7O8S/c1-31(2)43-16-13-39-51(61-43)58-27-59-52(39)62-44-22-33(53(68)63-48-18-8-35(56)26-57-48)7-17-46(44)72-38-11-9-36(10-12-38)60-49(67)19-6-32(3)40-14-15-41-50-42(25-47(71-30-66)55(40,41)5)54(4)21-20-37(69-28-64)23-34(54)24-45(50)70-29-65/h7-13,16-18,22,26-32,34,37,40-42,45,47,50H,6,14-15,19-21,23-25H2,1-5H3,(H,60,67)(H,57,63,68)(H,58,59,61,62). The summed E-state index contributed by atoms with van der Waals surface area (Å²) >= 11 is 4.89. The van der Waals surface area contributed by atoms with Crippen molar-refractivity contribution in [3.05, 3.63) is 95.0 Å². The van der Waals surface area contributed by atoms with Gasteiger partial charge in [0, 0.05) is 55.2 Å². The van der Waals surface area contributed by atoms with Crippen molar-refractivity contribution in [2.45, 2.75) is 126 Å². The van der Waals surface area contributed by atoms with E-state index in [1.54, 1.807) is 24.4 Å². The lowest BCUT2D eigenvalue weighted by molar-refractivity contribution is -0.218. The third kappa shape index (κ3) is 10.3. The molecule has 2 amide bonds. The van der Waals surface area contributed by atoms with Crippen molar-refractivity contribution in [3.8, 4) is 0 Å². The number of pyridine rings is 2. The van der Waals surface area contributed by atoms with Crippen LogP contribution >= 0.6 is 27.7 Å². The SMILES string of the molecule is CC(C)c1ccc2c(Nc3cc(C(=O)Nc4ccc(Br)cn4)ccc3Sc3ccc(NC(=O)CCC(C)C4CCC5C6C(OC=O)CC7CC(OC=O)CCC7(C)C6CC(OC=O)C45C)cc3)ncnc2n1. The molecule has 4 aliphatic carbocycles. The van der Waals surface area contributed by atoms with Crippen LogP contribution in [0.3, 0.4) is 0 Å². The molecule has 4 aliphatic rings. The van der Waals surface area contributed by atoms with Crippen LogP contribution in [0.2, 0.25) is 0 Å². The highest BCUT2D eigenvalue weighted by atomic mass is 79.9. The second-order valence-corrected chi connectivity index (χ2v) is 23.0. The number of rotatable bonds is 18. The molecule has 0 radical (unpaired) electrons. The number of carbonyl (C=O) groups is 5. The number of nitrogens with zero attached hydrogens (tertiary/aromatic N) is 4. The number of halogens is 1. The van der Waals surface area contributed by atoms with Gasteiger partial charge in [-0.1, -0.05) is 46.4 Å². The van der Waals surface area contributed by atoms with Gasteiger partial charge in [0.25, 0.3) is 25.3 Å². The molecular formula is C55H62BrN7O8S. The molecule has 5 aromatic rings. The number of hydrogen-bond acceptors (Lipinski definition) is 14. The Hall–Kier alpha value is -5.94. The molecule has 0 saturated heterocycles. The molecule has 11 unspecified atom stereocenters. The van der Waals surface area contributed by atoms with Crippen molar-refractivity contribution in [2.24, 2.45) is 46.3 Å². The van der Waals surface area contributed by atoms with Gasteiger partial charge in [0.1, 0.15) is 36.3 Å². The van der Waals surface area contributed by atoms with Gasteiger partial charge in [0.15, 0.2) is 5.65 Å². The molecule has 0 aliphatic heterocycles. The summed E-state index contributed by atoms with van der Waals surface area (Å²) in [5.41, 5.74) is 2.78. The first-order valence-electron chi connectivity index (χ1n) is 25.0. The van der Waals surface area contributed by atoms with Crippen LogP contribution in [0.25, 0.3) is 11.0 Å². The van der Waals surface area contributed by atoms with E-state index >= 15 is 0 Å². The summed E-state index contributed by atoms with van der Waals surface area (Å²) in [5.74, 6) is 1.77. The van der Waals surface area contributed by atoms with E-state index < -0.39 is 0 Å². The fourth-order valence-electron chi connectivity index (χ4n) is 13.3. The second-order valence-electron chi connectivity index (χ2n) is 21.0. The highest BCUT2D eigenvalue weighted by molar-refractivity contribution is 9.10. The third-order valence-corrected chi connectivity index (χ3v) is 18.5. The van der Waals surface area contributed by atoms with Gasteiger partial charge in [-0.2, -0.15) is 0 Å².